The average Bonchev–Trinajstić information content (AvgIpc) is 2.56. The second kappa shape index (κ2) is 8.13. The highest BCUT2D eigenvalue weighted by Crippen LogP contribution is 2.26. The van der Waals surface area contributed by atoms with Gasteiger partial charge in [0, 0.05) is 5.02 Å². The minimum atomic E-state index is -0.597. The normalized spacial score (nSPS) is 10.2. The number of carbonyl (C=O) groups excluding carboxylic acids is 2. The number of ketones is 1. The van der Waals surface area contributed by atoms with Crippen LogP contribution in [-0.4, -0.2) is 23.7 Å². The molecule has 0 aliphatic rings. The largest absolute Gasteiger partial charge is 0.493 e. The van der Waals surface area contributed by atoms with Gasteiger partial charge in [-0.05, 0) is 37.3 Å². The van der Waals surface area contributed by atoms with E-state index in [0.29, 0.717) is 22.9 Å². The number of Topliss-reactive ketones (excluding diaryl/α,β-unsaturated/α-hetero) is 1. The third-order valence-electron chi connectivity index (χ3n) is 2.97. The number of carbonyl (C=O) groups is 2. The second-order valence-electron chi connectivity index (χ2n) is 4.52. The van der Waals surface area contributed by atoms with Crippen LogP contribution in [0.15, 0.2) is 42.5 Å². The van der Waals surface area contributed by atoms with Crippen LogP contribution in [0.4, 0.5) is 0 Å². The number of ether oxygens (including phenoxy) is 2. The molecule has 0 unspecified atom stereocenters. The van der Waals surface area contributed by atoms with Crippen LogP contribution in [0.5, 0.6) is 11.5 Å². The van der Waals surface area contributed by atoms with Crippen LogP contribution in [0.1, 0.15) is 27.6 Å². The highest BCUT2D eigenvalue weighted by molar-refractivity contribution is 9.09. The van der Waals surface area contributed by atoms with Gasteiger partial charge in [-0.3, -0.25) is 4.79 Å². The SMILES string of the molecule is CCOc1ccccc1C(=O)Oc1ccc(Cl)cc1C(=O)CBr. The molecule has 0 aromatic heterocycles. The Hall–Kier alpha value is -1.85. The van der Waals surface area contributed by atoms with Crippen molar-refractivity contribution in [3.8, 4) is 11.5 Å². The third-order valence-corrected chi connectivity index (χ3v) is 3.72. The van der Waals surface area contributed by atoms with Crippen molar-refractivity contribution < 1.29 is 19.1 Å². The summed E-state index contributed by atoms with van der Waals surface area (Å²) in [6.07, 6.45) is 0. The van der Waals surface area contributed by atoms with E-state index >= 15 is 0 Å². The van der Waals surface area contributed by atoms with Gasteiger partial charge in [-0.25, -0.2) is 4.79 Å². The van der Waals surface area contributed by atoms with Gasteiger partial charge in [-0.15, -0.1) is 0 Å². The minimum absolute atomic E-state index is 0.105. The molecule has 0 saturated heterocycles. The maximum absolute atomic E-state index is 12.4. The molecule has 0 radical (unpaired) electrons. The Morgan fingerprint density at radius 2 is 1.83 bits per heavy atom. The maximum atomic E-state index is 12.4. The van der Waals surface area contributed by atoms with Crippen LogP contribution in [0.3, 0.4) is 0 Å². The molecule has 2 aromatic carbocycles. The fourth-order valence-corrected chi connectivity index (χ4v) is 2.43. The zero-order chi connectivity index (χ0) is 16.8. The van der Waals surface area contributed by atoms with E-state index in [1.807, 2.05) is 6.92 Å². The monoisotopic (exact) mass is 396 g/mol. The summed E-state index contributed by atoms with van der Waals surface area (Å²) in [5.74, 6) is -0.231. The van der Waals surface area contributed by atoms with Gasteiger partial charge in [0.15, 0.2) is 5.78 Å². The number of halogens is 2. The molecule has 0 atom stereocenters. The predicted octanol–water partition coefficient (Wildman–Crippen LogP) is 4.54. The number of rotatable bonds is 6. The van der Waals surface area contributed by atoms with Crippen molar-refractivity contribution in [3.05, 3.63) is 58.6 Å². The quantitative estimate of drug-likeness (QED) is 0.311. The predicted molar refractivity (Wildman–Crippen MR) is 92.1 cm³/mol. The van der Waals surface area contributed by atoms with E-state index in [4.69, 9.17) is 21.1 Å². The van der Waals surface area contributed by atoms with E-state index in [1.165, 1.54) is 12.1 Å². The van der Waals surface area contributed by atoms with Gasteiger partial charge in [-0.1, -0.05) is 39.7 Å². The lowest BCUT2D eigenvalue weighted by atomic mass is 10.1. The Morgan fingerprint density at radius 1 is 1.09 bits per heavy atom. The first-order chi connectivity index (χ1) is 11.1. The van der Waals surface area contributed by atoms with E-state index in [9.17, 15) is 9.59 Å². The lowest BCUT2D eigenvalue weighted by Crippen LogP contribution is -2.13. The van der Waals surface area contributed by atoms with Crippen molar-refractivity contribution in [1.82, 2.24) is 0 Å². The van der Waals surface area contributed by atoms with Gasteiger partial charge in [0.2, 0.25) is 0 Å². The van der Waals surface area contributed by atoms with E-state index < -0.39 is 5.97 Å². The first kappa shape index (κ1) is 17.5. The topological polar surface area (TPSA) is 52.6 Å². The summed E-state index contributed by atoms with van der Waals surface area (Å²) in [6, 6.07) is 11.3. The zero-order valence-corrected chi connectivity index (χ0v) is 14.7. The first-order valence-corrected chi connectivity index (χ1v) is 8.39. The standard InChI is InChI=1S/C17H14BrClO4/c1-2-22-15-6-4-3-5-12(15)17(21)23-16-8-7-11(19)9-13(16)14(20)10-18/h3-9H,2,10H2,1H3. The third kappa shape index (κ3) is 4.33. The Bertz CT molecular complexity index is 730. The molecular weight excluding hydrogens is 384 g/mol. The van der Waals surface area contributed by atoms with E-state index in [0.717, 1.165) is 0 Å². The van der Waals surface area contributed by atoms with Gasteiger partial charge in [0.05, 0.1) is 17.5 Å². The molecule has 120 valence electrons. The van der Waals surface area contributed by atoms with Crippen molar-refractivity contribution in [1.29, 1.82) is 0 Å². The van der Waals surface area contributed by atoms with Crippen LogP contribution >= 0.6 is 27.5 Å². The van der Waals surface area contributed by atoms with E-state index in [2.05, 4.69) is 15.9 Å². The number of benzene rings is 2. The summed E-state index contributed by atoms with van der Waals surface area (Å²) in [4.78, 5) is 24.4. The van der Waals surface area contributed by atoms with Gasteiger partial charge >= 0.3 is 5.97 Å². The number of alkyl halides is 1. The molecule has 0 N–H and O–H groups in total. The molecule has 0 aliphatic carbocycles. The van der Waals surface area contributed by atoms with Crippen molar-refractivity contribution in [2.45, 2.75) is 6.92 Å². The van der Waals surface area contributed by atoms with Crippen molar-refractivity contribution >= 4 is 39.3 Å². The molecule has 0 aliphatic heterocycles. The molecule has 0 bridgehead atoms. The van der Waals surface area contributed by atoms with Crippen LogP contribution in [-0.2, 0) is 0 Å². The zero-order valence-electron chi connectivity index (χ0n) is 12.3. The molecule has 0 amide bonds. The molecule has 2 rings (SSSR count). The summed E-state index contributed by atoms with van der Waals surface area (Å²) >= 11 is 9.01. The Morgan fingerprint density at radius 3 is 2.52 bits per heavy atom. The molecule has 0 heterocycles. The van der Waals surface area contributed by atoms with Crippen LogP contribution in [0.2, 0.25) is 5.02 Å². The first-order valence-electron chi connectivity index (χ1n) is 6.89. The fraction of sp³-hybridized carbons (Fsp3) is 0.176. The molecule has 0 fully saturated rings. The van der Waals surface area contributed by atoms with E-state index in [-0.39, 0.29) is 22.4 Å². The van der Waals surface area contributed by atoms with Gasteiger partial charge in [0.25, 0.3) is 0 Å². The van der Waals surface area contributed by atoms with Crippen LogP contribution in [0.25, 0.3) is 0 Å². The highest BCUT2D eigenvalue weighted by Gasteiger charge is 2.19. The summed E-state index contributed by atoms with van der Waals surface area (Å²) in [5.41, 5.74) is 0.540. The fourth-order valence-electron chi connectivity index (χ4n) is 1.95. The second-order valence-corrected chi connectivity index (χ2v) is 5.51. The Labute approximate surface area is 147 Å². The summed E-state index contributed by atoms with van der Waals surface area (Å²) in [5, 5.41) is 0.497. The van der Waals surface area contributed by atoms with E-state index in [1.54, 1.807) is 30.3 Å². The van der Waals surface area contributed by atoms with Crippen molar-refractivity contribution in [2.24, 2.45) is 0 Å². The number of esters is 1. The lowest BCUT2D eigenvalue weighted by molar-refractivity contribution is 0.0728. The minimum Gasteiger partial charge on any atom is -0.493 e. The summed E-state index contributed by atoms with van der Waals surface area (Å²) in [7, 11) is 0. The number of hydrogen-bond acceptors (Lipinski definition) is 4. The maximum Gasteiger partial charge on any atom is 0.347 e. The Kier molecular flexibility index (Phi) is 6.19. The number of para-hydroxylation sites is 1. The van der Waals surface area contributed by atoms with Gasteiger partial charge in [0.1, 0.15) is 17.1 Å². The van der Waals surface area contributed by atoms with Crippen LogP contribution < -0.4 is 9.47 Å². The molecule has 0 spiro atoms. The van der Waals surface area contributed by atoms with Crippen LogP contribution in [0, 0.1) is 0 Å². The molecule has 0 saturated carbocycles. The van der Waals surface area contributed by atoms with Crippen molar-refractivity contribution in [2.75, 3.05) is 11.9 Å². The lowest BCUT2D eigenvalue weighted by Gasteiger charge is -2.12. The number of hydrogen-bond donors (Lipinski definition) is 0. The molecule has 2 aromatic rings. The Balaban J connectivity index is 2.33. The summed E-state index contributed by atoms with van der Waals surface area (Å²) < 4.78 is 10.8. The summed E-state index contributed by atoms with van der Waals surface area (Å²) in [6.45, 7) is 2.26. The van der Waals surface area contributed by atoms with Gasteiger partial charge in [-0.2, -0.15) is 0 Å². The van der Waals surface area contributed by atoms with Gasteiger partial charge < -0.3 is 9.47 Å². The van der Waals surface area contributed by atoms with Crippen molar-refractivity contribution in [3.63, 3.8) is 0 Å². The molecule has 4 nitrogen and oxygen atoms in total. The highest BCUT2D eigenvalue weighted by atomic mass is 79.9. The molecule has 23 heavy (non-hydrogen) atoms. The molecular formula is C17H14BrClO4. The molecule has 6 heteroatoms. The average molecular weight is 398 g/mol. The smallest absolute Gasteiger partial charge is 0.347 e.